The Morgan fingerprint density at radius 2 is 1.88 bits per heavy atom. The first-order chi connectivity index (χ1) is 8.15. The molecule has 0 saturated carbocycles. The van der Waals surface area contributed by atoms with Gasteiger partial charge in [-0.05, 0) is 44.9 Å². The summed E-state index contributed by atoms with van der Waals surface area (Å²) in [5, 5.41) is 3.59. The van der Waals surface area contributed by atoms with Crippen LogP contribution in [0.1, 0.15) is 25.8 Å². The van der Waals surface area contributed by atoms with Gasteiger partial charge in [0.25, 0.3) is 0 Å². The van der Waals surface area contributed by atoms with Gasteiger partial charge in [-0.3, -0.25) is 0 Å². The predicted molar refractivity (Wildman–Crippen MR) is 74.6 cm³/mol. The molecular formula is C15H24N2. The van der Waals surface area contributed by atoms with Crippen LogP contribution in [0.5, 0.6) is 0 Å². The Kier molecular flexibility index (Phi) is 4.06. The van der Waals surface area contributed by atoms with Gasteiger partial charge >= 0.3 is 0 Å². The van der Waals surface area contributed by atoms with Gasteiger partial charge in [-0.15, -0.1) is 0 Å². The van der Waals surface area contributed by atoms with E-state index in [0.29, 0.717) is 12.0 Å². The Morgan fingerprint density at radius 1 is 1.18 bits per heavy atom. The second-order valence-corrected chi connectivity index (χ2v) is 5.48. The van der Waals surface area contributed by atoms with Crippen LogP contribution in [0.3, 0.4) is 0 Å². The number of rotatable bonds is 1. The van der Waals surface area contributed by atoms with Crippen molar-refractivity contribution in [3.63, 3.8) is 0 Å². The summed E-state index contributed by atoms with van der Waals surface area (Å²) in [5.41, 5.74) is 2.71. The zero-order valence-electron chi connectivity index (χ0n) is 11.2. The smallest absolute Gasteiger partial charge is 0.0366 e. The number of anilines is 1. The lowest BCUT2D eigenvalue weighted by Gasteiger charge is -2.32. The maximum Gasteiger partial charge on any atom is 0.0366 e. The summed E-state index contributed by atoms with van der Waals surface area (Å²) in [6, 6.07) is 9.55. The van der Waals surface area contributed by atoms with E-state index in [-0.39, 0.29) is 0 Å². The molecular weight excluding hydrogens is 208 g/mol. The zero-order valence-corrected chi connectivity index (χ0v) is 11.2. The highest BCUT2D eigenvalue weighted by Crippen LogP contribution is 2.18. The van der Waals surface area contributed by atoms with Crippen molar-refractivity contribution in [1.82, 2.24) is 5.32 Å². The Hall–Kier alpha value is -1.02. The zero-order chi connectivity index (χ0) is 12.3. The van der Waals surface area contributed by atoms with Gasteiger partial charge < -0.3 is 10.2 Å². The number of hydrogen-bond donors (Lipinski definition) is 1. The molecule has 94 valence electrons. The Morgan fingerprint density at radius 3 is 2.59 bits per heavy atom. The molecule has 2 rings (SSSR count). The topological polar surface area (TPSA) is 15.3 Å². The van der Waals surface area contributed by atoms with Crippen LogP contribution in [0.25, 0.3) is 0 Å². The van der Waals surface area contributed by atoms with E-state index in [1.54, 1.807) is 0 Å². The first-order valence-corrected chi connectivity index (χ1v) is 6.70. The first-order valence-electron chi connectivity index (χ1n) is 6.70. The van der Waals surface area contributed by atoms with Gasteiger partial charge in [-0.25, -0.2) is 0 Å². The minimum absolute atomic E-state index is 0.630. The van der Waals surface area contributed by atoms with Gasteiger partial charge in [0, 0.05) is 24.8 Å². The fourth-order valence-corrected chi connectivity index (χ4v) is 2.38. The molecule has 0 radical (unpaired) electrons. The quantitative estimate of drug-likeness (QED) is 0.801. The van der Waals surface area contributed by atoms with Crippen LogP contribution >= 0.6 is 0 Å². The van der Waals surface area contributed by atoms with Gasteiger partial charge in [0.2, 0.25) is 0 Å². The number of hydrogen-bond acceptors (Lipinski definition) is 2. The van der Waals surface area contributed by atoms with Gasteiger partial charge in [0.1, 0.15) is 0 Å². The van der Waals surface area contributed by atoms with Crippen molar-refractivity contribution in [1.29, 1.82) is 0 Å². The molecule has 1 aromatic rings. The highest BCUT2D eigenvalue weighted by atomic mass is 15.1. The van der Waals surface area contributed by atoms with E-state index in [1.165, 1.54) is 17.7 Å². The van der Waals surface area contributed by atoms with Crippen molar-refractivity contribution in [3.8, 4) is 0 Å². The molecule has 0 aliphatic carbocycles. The molecule has 2 nitrogen and oxygen atoms in total. The number of benzene rings is 1. The van der Waals surface area contributed by atoms with Crippen molar-refractivity contribution >= 4 is 5.69 Å². The molecule has 1 aliphatic rings. The monoisotopic (exact) mass is 232 g/mol. The first kappa shape index (κ1) is 12.4. The number of nitrogens with one attached hydrogen (secondary N) is 1. The second-order valence-electron chi connectivity index (χ2n) is 5.48. The number of nitrogens with zero attached hydrogens (tertiary/aromatic N) is 1. The molecule has 1 heterocycles. The molecule has 2 unspecified atom stereocenters. The Balaban J connectivity index is 2.09. The highest BCUT2D eigenvalue weighted by molar-refractivity contribution is 5.47. The van der Waals surface area contributed by atoms with E-state index in [9.17, 15) is 0 Å². The lowest BCUT2D eigenvalue weighted by Crippen LogP contribution is -2.42. The van der Waals surface area contributed by atoms with Crippen LogP contribution in [0.15, 0.2) is 24.3 Å². The summed E-state index contributed by atoms with van der Waals surface area (Å²) in [7, 11) is 0. The highest BCUT2D eigenvalue weighted by Gasteiger charge is 2.16. The third-order valence-corrected chi connectivity index (χ3v) is 3.58. The van der Waals surface area contributed by atoms with Gasteiger partial charge in [-0.1, -0.05) is 24.6 Å². The third kappa shape index (κ3) is 3.47. The lowest BCUT2D eigenvalue weighted by molar-refractivity contribution is 0.411. The average Bonchev–Trinajstić information content (AvgIpc) is 2.31. The molecule has 17 heavy (non-hydrogen) atoms. The molecule has 1 aliphatic heterocycles. The molecule has 0 amide bonds. The summed E-state index contributed by atoms with van der Waals surface area (Å²) in [5.74, 6) is 0.707. The second kappa shape index (κ2) is 5.54. The molecule has 0 bridgehead atoms. The SMILES string of the molecule is Cc1ccc(N2CCC(C)NCC(C)C2)cc1. The van der Waals surface area contributed by atoms with E-state index in [2.05, 4.69) is 55.3 Å². The lowest BCUT2D eigenvalue weighted by atomic mass is 10.1. The minimum Gasteiger partial charge on any atom is -0.371 e. The van der Waals surface area contributed by atoms with E-state index in [4.69, 9.17) is 0 Å². The molecule has 2 atom stereocenters. The molecule has 2 heteroatoms. The van der Waals surface area contributed by atoms with Crippen LogP contribution in [0.2, 0.25) is 0 Å². The van der Waals surface area contributed by atoms with Crippen LogP contribution in [-0.2, 0) is 0 Å². The van der Waals surface area contributed by atoms with Gasteiger partial charge in [0.05, 0.1) is 0 Å². The van der Waals surface area contributed by atoms with Gasteiger partial charge in [-0.2, -0.15) is 0 Å². The summed E-state index contributed by atoms with van der Waals surface area (Å²) in [6.07, 6.45) is 1.22. The summed E-state index contributed by atoms with van der Waals surface area (Å²) in [6.45, 7) is 10.2. The van der Waals surface area contributed by atoms with E-state index in [1.807, 2.05) is 0 Å². The van der Waals surface area contributed by atoms with Crippen LogP contribution < -0.4 is 10.2 Å². The normalized spacial score (nSPS) is 26.4. The van der Waals surface area contributed by atoms with Crippen LogP contribution in [-0.4, -0.2) is 25.7 Å². The summed E-state index contributed by atoms with van der Waals surface area (Å²) >= 11 is 0. The Labute approximate surface area is 105 Å². The van der Waals surface area contributed by atoms with Crippen molar-refractivity contribution < 1.29 is 0 Å². The largest absolute Gasteiger partial charge is 0.371 e. The molecule has 1 aromatic carbocycles. The molecule has 1 saturated heterocycles. The fraction of sp³-hybridized carbons (Fsp3) is 0.600. The molecule has 1 fully saturated rings. The minimum atomic E-state index is 0.630. The van der Waals surface area contributed by atoms with Gasteiger partial charge in [0.15, 0.2) is 0 Å². The maximum atomic E-state index is 3.59. The van der Waals surface area contributed by atoms with Crippen molar-refractivity contribution in [2.24, 2.45) is 5.92 Å². The van der Waals surface area contributed by atoms with Crippen molar-refractivity contribution in [3.05, 3.63) is 29.8 Å². The van der Waals surface area contributed by atoms with Crippen LogP contribution in [0.4, 0.5) is 5.69 Å². The Bertz CT molecular complexity index is 344. The fourth-order valence-electron chi connectivity index (χ4n) is 2.38. The average molecular weight is 232 g/mol. The van der Waals surface area contributed by atoms with E-state index >= 15 is 0 Å². The summed E-state index contributed by atoms with van der Waals surface area (Å²) in [4.78, 5) is 2.53. The number of aryl methyl sites for hydroxylation is 1. The summed E-state index contributed by atoms with van der Waals surface area (Å²) < 4.78 is 0. The molecule has 0 aromatic heterocycles. The van der Waals surface area contributed by atoms with Crippen molar-refractivity contribution in [2.45, 2.75) is 33.2 Å². The van der Waals surface area contributed by atoms with Crippen LogP contribution in [0, 0.1) is 12.8 Å². The standard InChI is InChI=1S/C15H24N2/c1-12-4-6-15(7-5-12)17-9-8-14(3)16-10-13(2)11-17/h4-7,13-14,16H,8-11H2,1-3H3. The van der Waals surface area contributed by atoms with E-state index < -0.39 is 0 Å². The molecule has 1 N–H and O–H groups in total. The molecule has 0 spiro atoms. The predicted octanol–water partition coefficient (Wildman–Crippen LogP) is 2.82. The third-order valence-electron chi connectivity index (χ3n) is 3.58. The van der Waals surface area contributed by atoms with Crippen molar-refractivity contribution in [2.75, 3.05) is 24.5 Å². The maximum absolute atomic E-state index is 3.59. The van der Waals surface area contributed by atoms with E-state index in [0.717, 1.165) is 19.6 Å².